The first-order valence-electron chi connectivity index (χ1n) is 11.8. The fourth-order valence-corrected chi connectivity index (χ4v) is 6.09. The van der Waals surface area contributed by atoms with E-state index in [1.165, 1.54) is 40.7 Å². The van der Waals surface area contributed by atoms with Gasteiger partial charge in [-0.3, -0.25) is 10.1 Å². The van der Waals surface area contributed by atoms with E-state index in [0.29, 0.717) is 17.6 Å². The van der Waals surface area contributed by atoms with Crippen LogP contribution in [-0.2, 0) is 29.1 Å². The molecule has 198 valence electrons. The number of carbonyl (C=O) groups excluding carboxylic acids is 2. The number of hydrogen-bond donors (Lipinski definition) is 0. The molecule has 0 N–H and O–H groups in total. The molecular formula is C26H30N2O8S. The van der Waals surface area contributed by atoms with Crippen molar-refractivity contribution in [2.24, 2.45) is 0 Å². The minimum atomic E-state index is -4.07. The van der Waals surface area contributed by atoms with Crippen molar-refractivity contribution in [3.8, 4) is 0 Å². The molecule has 10 nitrogen and oxygen atoms in total. The highest BCUT2D eigenvalue weighted by Crippen LogP contribution is 2.53. The van der Waals surface area contributed by atoms with Crippen molar-refractivity contribution in [2.45, 2.75) is 56.5 Å². The lowest BCUT2D eigenvalue weighted by Gasteiger charge is -2.13. The maximum atomic E-state index is 13.8. The second kappa shape index (κ2) is 11.7. The normalized spacial score (nSPS) is 18.5. The molecule has 1 unspecified atom stereocenters. The van der Waals surface area contributed by atoms with E-state index < -0.39 is 39.0 Å². The fraction of sp³-hybridized carbons (Fsp3) is 0.385. The van der Waals surface area contributed by atoms with Crippen LogP contribution < -0.4 is 0 Å². The number of aryl methyl sites for hydroxylation is 1. The SMILES string of the molecule is CCCCCC(=C(C(=O)OC)C(=O)OC)[C@@H]1[C@H](c2ccc([N+](=O)[O-])cc2)N1S(=O)(=O)c1ccc(C)cc1. The Morgan fingerprint density at radius 3 is 2.03 bits per heavy atom. The molecule has 2 aromatic rings. The summed E-state index contributed by atoms with van der Waals surface area (Å²) in [4.78, 5) is 36.1. The first kappa shape index (κ1) is 28.0. The van der Waals surface area contributed by atoms with Gasteiger partial charge < -0.3 is 9.47 Å². The number of benzene rings is 2. The van der Waals surface area contributed by atoms with Crippen LogP contribution in [0.15, 0.2) is 64.6 Å². The number of nitro benzene ring substituents is 1. The third kappa shape index (κ3) is 5.89. The Balaban J connectivity index is 2.20. The standard InChI is InChI=1S/C26H30N2O8S/c1-5-6-7-8-21(22(25(29)35-3)26(30)36-4)24-23(18-11-13-19(14-12-18)28(31)32)27(24)37(33,34)20-15-9-17(2)10-16-20/h9-16,23-24H,5-8H2,1-4H3/t23-,24+,27?/m0/s1. The number of nitro groups is 1. The maximum Gasteiger partial charge on any atom is 0.345 e. The zero-order valence-corrected chi connectivity index (χ0v) is 22.0. The van der Waals surface area contributed by atoms with Crippen molar-refractivity contribution in [3.05, 3.63) is 80.9 Å². The van der Waals surface area contributed by atoms with Crippen LogP contribution in [-0.4, -0.2) is 49.8 Å². The van der Waals surface area contributed by atoms with Crippen LogP contribution in [0.3, 0.4) is 0 Å². The summed E-state index contributed by atoms with van der Waals surface area (Å²) in [5.41, 5.74) is 1.20. The minimum absolute atomic E-state index is 0.0538. The van der Waals surface area contributed by atoms with Crippen LogP contribution in [0.25, 0.3) is 0 Å². The van der Waals surface area contributed by atoms with Gasteiger partial charge in [0, 0.05) is 12.1 Å². The van der Waals surface area contributed by atoms with Gasteiger partial charge in [-0.1, -0.05) is 49.6 Å². The van der Waals surface area contributed by atoms with E-state index in [2.05, 4.69) is 0 Å². The van der Waals surface area contributed by atoms with Gasteiger partial charge in [0.05, 0.1) is 36.1 Å². The predicted molar refractivity (Wildman–Crippen MR) is 135 cm³/mol. The summed E-state index contributed by atoms with van der Waals surface area (Å²) >= 11 is 0. The first-order valence-corrected chi connectivity index (χ1v) is 13.3. The molecule has 1 heterocycles. The van der Waals surface area contributed by atoms with E-state index in [1.807, 2.05) is 13.8 Å². The molecule has 11 heteroatoms. The molecule has 1 saturated heterocycles. The largest absolute Gasteiger partial charge is 0.465 e. The van der Waals surface area contributed by atoms with Crippen molar-refractivity contribution < 1.29 is 32.4 Å². The zero-order chi connectivity index (χ0) is 27.3. The van der Waals surface area contributed by atoms with Crippen LogP contribution in [0, 0.1) is 17.0 Å². The van der Waals surface area contributed by atoms with Gasteiger partial charge in [0.1, 0.15) is 5.57 Å². The summed E-state index contributed by atoms with van der Waals surface area (Å²) in [5, 5.41) is 11.1. The van der Waals surface area contributed by atoms with Crippen molar-refractivity contribution in [1.82, 2.24) is 4.31 Å². The highest BCUT2D eigenvalue weighted by atomic mass is 32.2. The summed E-state index contributed by atoms with van der Waals surface area (Å²) in [6, 6.07) is 10.2. The number of sulfonamides is 1. The van der Waals surface area contributed by atoms with Crippen molar-refractivity contribution in [3.63, 3.8) is 0 Å². The molecular weight excluding hydrogens is 500 g/mol. The number of non-ortho nitro benzene ring substituents is 1. The van der Waals surface area contributed by atoms with Crippen LogP contribution in [0.5, 0.6) is 0 Å². The van der Waals surface area contributed by atoms with Gasteiger partial charge in [0.15, 0.2) is 0 Å². The van der Waals surface area contributed by atoms with Gasteiger partial charge in [0.2, 0.25) is 10.0 Å². The summed E-state index contributed by atoms with van der Waals surface area (Å²) in [7, 11) is -1.80. The highest BCUT2D eigenvalue weighted by molar-refractivity contribution is 7.89. The molecule has 1 aliphatic rings. The quantitative estimate of drug-likeness (QED) is 0.0616. The van der Waals surface area contributed by atoms with Crippen molar-refractivity contribution in [1.29, 1.82) is 0 Å². The summed E-state index contributed by atoms with van der Waals surface area (Å²) < 4.78 is 38.5. The third-order valence-corrected chi connectivity index (χ3v) is 8.18. The van der Waals surface area contributed by atoms with Crippen molar-refractivity contribution >= 4 is 27.6 Å². The van der Waals surface area contributed by atoms with E-state index in [-0.39, 0.29) is 22.6 Å². The average Bonchev–Trinajstić information content (AvgIpc) is 3.64. The summed E-state index contributed by atoms with van der Waals surface area (Å²) in [5.74, 6) is -1.83. The lowest BCUT2D eigenvalue weighted by Crippen LogP contribution is -2.23. The van der Waals surface area contributed by atoms with Gasteiger partial charge in [-0.25, -0.2) is 18.0 Å². The number of esters is 2. The molecule has 2 aromatic carbocycles. The molecule has 3 rings (SSSR count). The summed E-state index contributed by atoms with van der Waals surface area (Å²) in [6.45, 7) is 3.83. The molecule has 0 spiro atoms. The second-order valence-electron chi connectivity index (χ2n) is 8.73. The Morgan fingerprint density at radius 2 is 1.54 bits per heavy atom. The van der Waals surface area contributed by atoms with E-state index in [1.54, 1.807) is 12.1 Å². The second-order valence-corrected chi connectivity index (χ2v) is 10.6. The van der Waals surface area contributed by atoms with Crippen LogP contribution in [0.4, 0.5) is 5.69 Å². The third-order valence-electron chi connectivity index (χ3n) is 6.31. The molecule has 1 fully saturated rings. The number of nitrogens with zero attached hydrogens (tertiary/aromatic N) is 2. The lowest BCUT2D eigenvalue weighted by atomic mass is 9.94. The Hall–Kier alpha value is -3.57. The first-order chi connectivity index (χ1) is 17.6. The molecule has 0 aliphatic carbocycles. The molecule has 37 heavy (non-hydrogen) atoms. The lowest BCUT2D eigenvalue weighted by molar-refractivity contribution is -0.384. The van der Waals surface area contributed by atoms with Gasteiger partial charge in [-0.2, -0.15) is 4.31 Å². The predicted octanol–water partition coefficient (Wildman–Crippen LogP) is 4.24. The van der Waals surface area contributed by atoms with Gasteiger partial charge in [-0.05, 0) is 43.0 Å². The van der Waals surface area contributed by atoms with Crippen molar-refractivity contribution in [2.75, 3.05) is 14.2 Å². The topological polar surface area (TPSA) is 133 Å². The molecule has 3 atom stereocenters. The van der Waals surface area contributed by atoms with E-state index in [4.69, 9.17) is 9.47 Å². The van der Waals surface area contributed by atoms with Gasteiger partial charge in [0.25, 0.3) is 5.69 Å². The van der Waals surface area contributed by atoms with Crippen LogP contribution in [0.1, 0.15) is 49.8 Å². The number of ether oxygens (including phenoxy) is 2. The minimum Gasteiger partial charge on any atom is -0.465 e. The molecule has 0 radical (unpaired) electrons. The highest BCUT2D eigenvalue weighted by Gasteiger charge is 2.59. The number of rotatable bonds is 11. The average molecular weight is 531 g/mol. The number of unbranched alkanes of at least 4 members (excludes halogenated alkanes) is 2. The van der Waals surface area contributed by atoms with E-state index in [0.717, 1.165) is 32.6 Å². The molecule has 0 amide bonds. The summed E-state index contributed by atoms with van der Waals surface area (Å²) in [6.07, 6.45) is 2.52. The fourth-order valence-electron chi connectivity index (χ4n) is 4.34. The van der Waals surface area contributed by atoms with Crippen LogP contribution >= 0.6 is 0 Å². The Bertz CT molecular complexity index is 1280. The van der Waals surface area contributed by atoms with Crippen LogP contribution in [0.2, 0.25) is 0 Å². The number of hydrogen-bond acceptors (Lipinski definition) is 8. The zero-order valence-electron chi connectivity index (χ0n) is 21.2. The van der Waals surface area contributed by atoms with Gasteiger partial charge in [-0.15, -0.1) is 0 Å². The molecule has 0 saturated carbocycles. The maximum absolute atomic E-state index is 13.8. The molecule has 0 bridgehead atoms. The Labute approximate surface area is 216 Å². The monoisotopic (exact) mass is 530 g/mol. The Morgan fingerprint density at radius 1 is 0.973 bits per heavy atom. The molecule has 1 aliphatic heterocycles. The Kier molecular flexibility index (Phi) is 8.82. The van der Waals surface area contributed by atoms with Gasteiger partial charge >= 0.3 is 11.9 Å². The molecule has 0 aromatic heterocycles. The van der Waals surface area contributed by atoms with E-state index in [9.17, 15) is 28.1 Å². The number of carbonyl (C=O) groups is 2. The smallest absolute Gasteiger partial charge is 0.345 e. The number of methoxy groups -OCH3 is 2. The van der Waals surface area contributed by atoms with E-state index >= 15 is 0 Å².